The number of ether oxygens (including phenoxy) is 1. The molecule has 39 heavy (non-hydrogen) atoms. The quantitative estimate of drug-likeness (QED) is 0.284. The maximum Gasteiger partial charge on any atom is 0.219 e. The summed E-state index contributed by atoms with van der Waals surface area (Å²) in [5.74, 6) is 0.339. The van der Waals surface area contributed by atoms with Crippen LogP contribution in [-0.2, 0) is 11.2 Å². The molecule has 4 heteroatoms. The monoisotopic (exact) mass is 511 g/mol. The second kappa shape index (κ2) is 9.11. The first-order valence-electron chi connectivity index (χ1n) is 13.6. The van der Waals surface area contributed by atoms with Crippen LogP contribution in [0.3, 0.4) is 0 Å². The van der Waals surface area contributed by atoms with Crippen LogP contribution >= 0.6 is 0 Å². The van der Waals surface area contributed by atoms with Crippen molar-refractivity contribution in [2.45, 2.75) is 32.8 Å². The van der Waals surface area contributed by atoms with Crippen molar-refractivity contribution < 1.29 is 9.84 Å². The lowest BCUT2D eigenvalue weighted by molar-refractivity contribution is 0.155. The Morgan fingerprint density at radius 2 is 1.56 bits per heavy atom. The van der Waals surface area contributed by atoms with Crippen molar-refractivity contribution in [3.63, 3.8) is 0 Å². The molecule has 2 heterocycles. The third kappa shape index (κ3) is 3.38. The topological polar surface area (TPSA) is 37.4 Å². The Balaban J connectivity index is 1.47. The van der Waals surface area contributed by atoms with Crippen molar-refractivity contribution in [2.75, 3.05) is 7.11 Å². The molecule has 0 bridgehead atoms. The average Bonchev–Trinajstić information content (AvgIpc) is 3.43. The van der Waals surface area contributed by atoms with Gasteiger partial charge in [0, 0.05) is 66.0 Å². The van der Waals surface area contributed by atoms with E-state index in [-0.39, 0.29) is 6.10 Å². The van der Waals surface area contributed by atoms with Crippen molar-refractivity contribution in [3.8, 4) is 5.69 Å². The van der Waals surface area contributed by atoms with Gasteiger partial charge in [-0.15, -0.1) is 0 Å². The number of hydrogen-bond donors (Lipinski definition) is 1. The smallest absolute Gasteiger partial charge is 0.219 e. The number of aliphatic hydroxyl groups excluding tert-OH is 1. The number of allylic oxidation sites excluding steroid dienone is 2. The fraction of sp³-hybridized carbons (Fsp3) is 0.171. The number of benzene rings is 3. The highest BCUT2D eigenvalue weighted by molar-refractivity contribution is 6.31. The van der Waals surface area contributed by atoms with Crippen LogP contribution in [0.5, 0.6) is 0 Å². The molecular formula is C35H31N2O2+. The Kier molecular flexibility index (Phi) is 5.53. The third-order valence-corrected chi connectivity index (χ3v) is 8.34. The molecule has 1 aromatic heterocycles. The molecular weight excluding hydrogens is 480 g/mol. The van der Waals surface area contributed by atoms with Crippen molar-refractivity contribution in [1.82, 2.24) is 9.14 Å². The van der Waals surface area contributed by atoms with Gasteiger partial charge in [0.05, 0.1) is 11.1 Å². The Hall–Kier alpha value is -4.41. The van der Waals surface area contributed by atoms with Gasteiger partial charge in [0.15, 0.2) is 5.71 Å². The number of aromatic nitrogens is 1. The molecule has 3 aromatic carbocycles. The molecule has 7 rings (SSSR count). The molecule has 0 fully saturated rings. The summed E-state index contributed by atoms with van der Waals surface area (Å²) in [6.07, 6.45) is 6.08. The lowest BCUT2D eigenvalue weighted by Gasteiger charge is -2.34. The van der Waals surface area contributed by atoms with E-state index < -0.39 is 0 Å². The van der Waals surface area contributed by atoms with E-state index in [4.69, 9.17) is 4.74 Å². The number of methoxy groups -OCH3 is 1. The summed E-state index contributed by atoms with van der Waals surface area (Å²) in [7, 11) is 1.75. The minimum absolute atomic E-state index is 0.320. The first-order chi connectivity index (χ1) is 19.1. The zero-order chi connectivity index (χ0) is 26.7. The van der Waals surface area contributed by atoms with Crippen LogP contribution in [0.25, 0.3) is 22.9 Å². The second-order valence-corrected chi connectivity index (χ2v) is 10.4. The predicted molar refractivity (Wildman–Crippen MR) is 160 cm³/mol. The minimum Gasteiger partial charge on any atom is -0.507 e. The van der Waals surface area contributed by atoms with E-state index in [9.17, 15) is 5.11 Å². The van der Waals surface area contributed by atoms with E-state index >= 15 is 0 Å². The molecule has 4 aromatic rings. The average molecular weight is 512 g/mol. The Morgan fingerprint density at radius 1 is 0.872 bits per heavy atom. The predicted octanol–water partition coefficient (Wildman–Crippen LogP) is 7.81. The van der Waals surface area contributed by atoms with Gasteiger partial charge in [-0.3, -0.25) is 0 Å². The van der Waals surface area contributed by atoms with Crippen molar-refractivity contribution >= 4 is 34.3 Å². The zero-order valence-corrected chi connectivity index (χ0v) is 22.5. The number of rotatable bonds is 4. The number of nitrogens with zero attached hydrogens (tertiary/aromatic N) is 2. The Morgan fingerprint density at radius 3 is 2.31 bits per heavy atom. The molecule has 0 spiro atoms. The summed E-state index contributed by atoms with van der Waals surface area (Å²) in [4.78, 5) is 0. The van der Waals surface area contributed by atoms with Crippen LogP contribution in [0.2, 0.25) is 0 Å². The molecule has 4 nitrogen and oxygen atoms in total. The highest BCUT2D eigenvalue weighted by Gasteiger charge is 2.46. The maximum absolute atomic E-state index is 11.9. The normalized spacial score (nSPS) is 19.8. The minimum atomic E-state index is -0.320. The van der Waals surface area contributed by atoms with Crippen molar-refractivity contribution in [2.24, 2.45) is 0 Å². The lowest BCUT2D eigenvalue weighted by Crippen LogP contribution is -2.31. The van der Waals surface area contributed by atoms with Gasteiger partial charge in [0.2, 0.25) is 11.4 Å². The summed E-state index contributed by atoms with van der Waals surface area (Å²) in [5, 5.41) is 11.9. The summed E-state index contributed by atoms with van der Waals surface area (Å²) in [5.41, 5.74) is 13.1. The van der Waals surface area contributed by atoms with Gasteiger partial charge >= 0.3 is 0 Å². The van der Waals surface area contributed by atoms with Gasteiger partial charge in [0.1, 0.15) is 11.9 Å². The molecule has 1 unspecified atom stereocenters. The SMILES string of the molecule is COC1C(=C2C(C)=[N+](c3ccccc3)c3ccccc32)C(O)=C1c1c2c(n(-c3ccccc3)c1C)C=CCC2. The first kappa shape index (κ1) is 23.7. The number of para-hydroxylation sites is 3. The van der Waals surface area contributed by atoms with Crippen LogP contribution in [-0.4, -0.2) is 28.6 Å². The summed E-state index contributed by atoms with van der Waals surface area (Å²) >= 11 is 0. The molecule has 2 aliphatic carbocycles. The van der Waals surface area contributed by atoms with Crippen LogP contribution in [0, 0.1) is 6.92 Å². The highest BCUT2D eigenvalue weighted by atomic mass is 16.5. The van der Waals surface area contributed by atoms with Crippen molar-refractivity contribution in [3.05, 3.63) is 130 Å². The van der Waals surface area contributed by atoms with Crippen LogP contribution in [0.4, 0.5) is 11.4 Å². The van der Waals surface area contributed by atoms with Gasteiger partial charge in [-0.05, 0) is 49.6 Å². The number of fused-ring (bicyclic) bond motifs is 2. The molecule has 1 atom stereocenters. The molecule has 1 N–H and O–H groups in total. The largest absolute Gasteiger partial charge is 0.507 e. The van der Waals surface area contributed by atoms with E-state index in [0.29, 0.717) is 5.76 Å². The third-order valence-electron chi connectivity index (χ3n) is 8.34. The van der Waals surface area contributed by atoms with E-state index in [1.165, 1.54) is 11.3 Å². The standard InChI is InChI=1S/C35H30N2O2/c1-22-30(26-18-10-12-20-28(26)36(22)24-14-6-4-7-15-24)32-34(38)33(35(32)39-3)31-23(2)37(25-16-8-5-9-17-25)29-21-13-11-19-27(29)31/h4-10,12-18,20-21,35H,11,19H2,1-3H3/p+1. The molecule has 0 saturated heterocycles. The van der Waals surface area contributed by atoms with Crippen molar-refractivity contribution in [1.29, 1.82) is 0 Å². The summed E-state index contributed by atoms with van der Waals surface area (Å²) in [6, 6.07) is 29.3. The fourth-order valence-electron chi connectivity index (χ4n) is 6.70. The summed E-state index contributed by atoms with van der Waals surface area (Å²) in [6.45, 7) is 4.29. The van der Waals surface area contributed by atoms with Crippen LogP contribution in [0.15, 0.2) is 102 Å². The molecule has 0 radical (unpaired) electrons. The molecule has 0 saturated carbocycles. The van der Waals surface area contributed by atoms with Gasteiger partial charge in [-0.25, -0.2) is 0 Å². The van der Waals surface area contributed by atoms with Gasteiger partial charge in [0.25, 0.3) is 0 Å². The number of hydrogen-bond acceptors (Lipinski definition) is 2. The van der Waals surface area contributed by atoms with Crippen LogP contribution in [0.1, 0.15) is 41.4 Å². The van der Waals surface area contributed by atoms with E-state index in [2.05, 4.69) is 108 Å². The Labute approximate surface area is 229 Å². The molecule has 1 aliphatic heterocycles. The van der Waals surface area contributed by atoms with Gasteiger partial charge in [-0.1, -0.05) is 54.6 Å². The highest BCUT2D eigenvalue weighted by Crippen LogP contribution is 2.51. The molecule has 3 aliphatic rings. The van der Waals surface area contributed by atoms with Crippen LogP contribution < -0.4 is 4.58 Å². The van der Waals surface area contributed by atoms with E-state index in [0.717, 1.165) is 69.2 Å². The lowest BCUT2D eigenvalue weighted by atomic mass is 9.75. The van der Waals surface area contributed by atoms with E-state index in [1.54, 1.807) is 7.11 Å². The van der Waals surface area contributed by atoms with Gasteiger partial charge < -0.3 is 14.4 Å². The van der Waals surface area contributed by atoms with E-state index in [1.807, 2.05) is 12.1 Å². The maximum atomic E-state index is 11.9. The first-order valence-corrected chi connectivity index (χ1v) is 13.6. The van der Waals surface area contributed by atoms with Gasteiger partial charge in [-0.2, -0.15) is 4.58 Å². The number of aliphatic hydroxyl groups is 1. The molecule has 192 valence electrons. The zero-order valence-electron chi connectivity index (χ0n) is 22.5. The fourth-order valence-corrected chi connectivity index (χ4v) is 6.70. The molecule has 0 amide bonds. The Bertz CT molecular complexity index is 1750. The second-order valence-electron chi connectivity index (χ2n) is 10.4. The summed E-state index contributed by atoms with van der Waals surface area (Å²) < 4.78 is 10.8.